The fourth-order valence-electron chi connectivity index (χ4n) is 1.44. The summed E-state index contributed by atoms with van der Waals surface area (Å²) >= 11 is 0. The fraction of sp³-hybridized carbons (Fsp3) is 0.0833. The predicted octanol–water partition coefficient (Wildman–Crippen LogP) is 0.608. The Kier molecular flexibility index (Phi) is 3.48. The molecule has 4 heteroatoms. The van der Waals surface area contributed by atoms with Crippen LogP contribution in [0.1, 0.15) is 5.56 Å². The average molecular weight is 217 g/mol. The lowest BCUT2D eigenvalue weighted by atomic mass is 10.2. The van der Waals surface area contributed by atoms with Crippen molar-refractivity contribution < 1.29 is 19.8 Å². The zero-order chi connectivity index (χ0) is 11.2. The molecule has 0 unspecified atom stereocenters. The molecule has 1 heterocycles. The smallest absolute Gasteiger partial charge is 0.176 e. The van der Waals surface area contributed by atoms with Gasteiger partial charge in [0.25, 0.3) is 0 Å². The number of hydrogen-bond acceptors (Lipinski definition) is 3. The summed E-state index contributed by atoms with van der Waals surface area (Å²) in [5, 5.41) is 13.1. The lowest BCUT2D eigenvalue weighted by Crippen LogP contribution is -2.33. The minimum absolute atomic E-state index is 0.388. The summed E-state index contributed by atoms with van der Waals surface area (Å²) in [6, 6.07) is 13.4. The van der Waals surface area contributed by atoms with E-state index in [0.717, 1.165) is 6.54 Å². The highest BCUT2D eigenvalue weighted by Gasteiger charge is 2.02. The average Bonchev–Trinajstić information content (AvgIpc) is 2.33. The van der Waals surface area contributed by atoms with Crippen LogP contribution in [0.4, 0.5) is 0 Å². The lowest BCUT2D eigenvalue weighted by molar-refractivity contribution is -0.778. The highest BCUT2D eigenvalue weighted by Crippen LogP contribution is 2.05. The van der Waals surface area contributed by atoms with Crippen LogP contribution in [-0.4, -0.2) is 0 Å². The van der Waals surface area contributed by atoms with Crippen molar-refractivity contribution in [2.24, 2.45) is 0 Å². The van der Waals surface area contributed by atoms with Crippen molar-refractivity contribution in [1.82, 2.24) is 0 Å². The van der Waals surface area contributed by atoms with Gasteiger partial charge in [0, 0.05) is 17.7 Å². The third-order valence-electron chi connectivity index (χ3n) is 2.20. The van der Waals surface area contributed by atoms with E-state index >= 15 is 0 Å². The van der Waals surface area contributed by atoms with Gasteiger partial charge in [0.1, 0.15) is 0 Å². The summed E-state index contributed by atoms with van der Waals surface area (Å²) in [5.41, 5.74) is 1.21. The van der Waals surface area contributed by atoms with E-state index in [1.165, 1.54) is 5.56 Å². The van der Waals surface area contributed by atoms with Crippen LogP contribution < -0.4 is 14.7 Å². The maximum absolute atomic E-state index is 9.75. The van der Waals surface area contributed by atoms with Gasteiger partial charge in [-0.15, -0.1) is 0 Å². The Morgan fingerprint density at radius 1 is 1.00 bits per heavy atom. The molecule has 0 saturated carbocycles. The number of aromatic nitrogens is 1. The summed E-state index contributed by atoms with van der Waals surface area (Å²) in [6.45, 7) is 0.777. The molecule has 0 aliphatic rings. The van der Waals surface area contributed by atoms with Crippen LogP contribution in [0.2, 0.25) is 0 Å². The van der Waals surface area contributed by atoms with E-state index in [4.69, 9.17) is 0 Å². The Morgan fingerprint density at radius 2 is 1.69 bits per heavy atom. The zero-order valence-electron chi connectivity index (χ0n) is 8.58. The normalized spacial score (nSPS) is 10.1. The van der Waals surface area contributed by atoms with Crippen LogP contribution in [0, 0.1) is 0 Å². The van der Waals surface area contributed by atoms with Crippen molar-refractivity contribution >= 4 is 0 Å². The van der Waals surface area contributed by atoms with Crippen molar-refractivity contribution in [3.8, 4) is 5.75 Å². The van der Waals surface area contributed by atoms with E-state index < -0.39 is 0 Å². The second-order valence-corrected chi connectivity index (χ2v) is 3.34. The molecule has 1 aromatic heterocycles. The molecule has 2 aromatic rings. The minimum atomic E-state index is 0.388. The maximum atomic E-state index is 9.75. The van der Waals surface area contributed by atoms with Gasteiger partial charge in [0.05, 0.1) is 0 Å². The summed E-state index contributed by atoms with van der Waals surface area (Å²) in [4.78, 5) is 4.34. The second-order valence-electron chi connectivity index (χ2n) is 3.34. The Hall–Kier alpha value is -1.91. The quantitative estimate of drug-likeness (QED) is 0.428. The molecule has 1 aromatic carbocycles. The predicted molar refractivity (Wildman–Crippen MR) is 53.9 cm³/mol. The van der Waals surface area contributed by atoms with Crippen LogP contribution in [0.15, 0.2) is 54.9 Å². The minimum Gasteiger partial charge on any atom is -0.682 e. The monoisotopic (exact) mass is 217 g/mol. The van der Waals surface area contributed by atoms with Crippen LogP contribution in [0.25, 0.3) is 0 Å². The summed E-state index contributed by atoms with van der Waals surface area (Å²) in [5.74, 6) is 0.388. The summed E-state index contributed by atoms with van der Waals surface area (Å²) in [7, 11) is 0. The Balaban J connectivity index is 2.05. The molecule has 0 spiro atoms. The molecule has 0 aliphatic heterocycles. The van der Waals surface area contributed by atoms with Crippen LogP contribution in [0.3, 0.4) is 0 Å². The Morgan fingerprint density at radius 3 is 2.31 bits per heavy atom. The zero-order valence-corrected chi connectivity index (χ0v) is 8.58. The van der Waals surface area contributed by atoms with Crippen molar-refractivity contribution in [3.63, 3.8) is 0 Å². The Labute approximate surface area is 93.2 Å². The number of hydrogen-bond donors (Lipinski definition) is 0. The summed E-state index contributed by atoms with van der Waals surface area (Å²) < 4.78 is 1.98. The molecule has 0 bridgehead atoms. The molecule has 82 valence electrons. The van der Waals surface area contributed by atoms with E-state index in [1.807, 2.05) is 35.2 Å². The SMILES string of the molecule is [O-]OOc1cc[n+](Cc2ccccc2)cc1. The third kappa shape index (κ3) is 2.79. The highest BCUT2D eigenvalue weighted by molar-refractivity contribution is 5.15. The van der Waals surface area contributed by atoms with Crippen molar-refractivity contribution in [2.75, 3.05) is 0 Å². The van der Waals surface area contributed by atoms with Crippen molar-refractivity contribution in [1.29, 1.82) is 0 Å². The molecule has 0 aliphatic carbocycles. The first kappa shape index (κ1) is 10.6. The van der Waals surface area contributed by atoms with Crippen molar-refractivity contribution in [2.45, 2.75) is 6.54 Å². The molecule has 4 nitrogen and oxygen atoms in total. The molecular weight excluding hydrogens is 206 g/mol. The van der Waals surface area contributed by atoms with E-state index in [0.29, 0.717) is 5.75 Å². The van der Waals surface area contributed by atoms with Gasteiger partial charge >= 0.3 is 0 Å². The molecular formula is C12H11NO3. The third-order valence-corrected chi connectivity index (χ3v) is 2.20. The highest BCUT2D eigenvalue weighted by atomic mass is 17.5. The van der Waals surface area contributed by atoms with Crippen molar-refractivity contribution in [3.05, 3.63) is 60.4 Å². The molecule has 16 heavy (non-hydrogen) atoms. The van der Waals surface area contributed by atoms with Gasteiger partial charge in [-0.3, -0.25) is 0 Å². The van der Waals surface area contributed by atoms with Gasteiger partial charge in [0.15, 0.2) is 24.7 Å². The van der Waals surface area contributed by atoms with Crippen LogP contribution in [-0.2, 0) is 11.6 Å². The first-order chi connectivity index (χ1) is 7.88. The molecule has 0 radical (unpaired) electrons. The second kappa shape index (κ2) is 5.25. The largest absolute Gasteiger partial charge is 0.682 e. The van der Waals surface area contributed by atoms with E-state index in [9.17, 15) is 5.26 Å². The maximum Gasteiger partial charge on any atom is 0.176 e. The molecule has 0 N–H and O–H groups in total. The Bertz CT molecular complexity index is 428. The summed E-state index contributed by atoms with van der Waals surface area (Å²) in [6.07, 6.45) is 3.64. The van der Waals surface area contributed by atoms with E-state index in [2.05, 4.69) is 22.1 Å². The van der Waals surface area contributed by atoms with E-state index in [-0.39, 0.29) is 0 Å². The standard InChI is InChI=1S/C12H11NO3/c14-16-15-12-6-8-13(9-7-12)10-11-4-2-1-3-5-11/h1-9H,10H2. The van der Waals surface area contributed by atoms with E-state index in [1.54, 1.807) is 12.1 Å². The molecule has 0 amide bonds. The first-order valence-corrected chi connectivity index (χ1v) is 4.88. The molecule has 2 rings (SSSR count). The lowest BCUT2D eigenvalue weighted by Gasteiger charge is -2.05. The topological polar surface area (TPSA) is 45.4 Å². The van der Waals surface area contributed by atoms with Gasteiger partial charge in [-0.05, 0) is 0 Å². The fourth-order valence-corrected chi connectivity index (χ4v) is 1.44. The van der Waals surface area contributed by atoms with Gasteiger partial charge in [0.2, 0.25) is 0 Å². The van der Waals surface area contributed by atoms with Gasteiger partial charge in [-0.1, -0.05) is 30.3 Å². The number of nitrogens with zero attached hydrogens (tertiary/aromatic N) is 1. The number of pyridine rings is 1. The number of rotatable bonds is 4. The molecule has 0 fully saturated rings. The van der Waals surface area contributed by atoms with Crippen LogP contribution in [0.5, 0.6) is 5.75 Å². The first-order valence-electron chi connectivity index (χ1n) is 4.88. The van der Waals surface area contributed by atoms with Gasteiger partial charge in [-0.25, -0.2) is 9.61 Å². The van der Waals surface area contributed by atoms with Crippen LogP contribution >= 0.6 is 0 Å². The number of benzene rings is 1. The molecule has 0 saturated heterocycles. The van der Waals surface area contributed by atoms with Gasteiger partial charge in [-0.2, -0.15) is 0 Å². The molecule has 0 atom stereocenters. The van der Waals surface area contributed by atoms with Gasteiger partial charge < -0.3 is 10.1 Å².